The van der Waals surface area contributed by atoms with E-state index in [0.717, 1.165) is 0 Å². The third kappa shape index (κ3) is 3.25. The summed E-state index contributed by atoms with van der Waals surface area (Å²) in [6, 6.07) is 5.11. The molecule has 2 rings (SSSR count). The summed E-state index contributed by atoms with van der Waals surface area (Å²) in [7, 11) is 6.69. The molecule has 0 fully saturated rings. The number of ether oxygens (including phenoxy) is 2. The van der Waals surface area contributed by atoms with Crippen LogP contribution in [0.25, 0.3) is 0 Å². The summed E-state index contributed by atoms with van der Waals surface area (Å²) in [4.78, 5) is 22.4. The number of carbonyl (C=O) groups is 1. The Morgan fingerprint density at radius 2 is 1.82 bits per heavy atom. The summed E-state index contributed by atoms with van der Waals surface area (Å²) in [6.45, 7) is 0. The van der Waals surface area contributed by atoms with Crippen molar-refractivity contribution in [1.82, 2.24) is 9.97 Å². The fourth-order valence-electron chi connectivity index (χ4n) is 1.88. The van der Waals surface area contributed by atoms with E-state index in [1.165, 1.54) is 14.2 Å². The number of benzene rings is 1. The van der Waals surface area contributed by atoms with Crippen molar-refractivity contribution in [3.05, 3.63) is 36.2 Å². The quantitative estimate of drug-likeness (QED) is 0.907. The van der Waals surface area contributed by atoms with Crippen LogP contribution in [0.5, 0.6) is 11.5 Å². The van der Waals surface area contributed by atoms with Gasteiger partial charge in [0.2, 0.25) is 5.95 Å². The highest BCUT2D eigenvalue weighted by atomic mass is 16.5. The first kappa shape index (κ1) is 15.6. The highest BCUT2D eigenvalue weighted by molar-refractivity contribution is 6.06. The monoisotopic (exact) mass is 302 g/mol. The summed E-state index contributed by atoms with van der Waals surface area (Å²) >= 11 is 0. The summed E-state index contributed by atoms with van der Waals surface area (Å²) in [6.07, 6.45) is 3.10. The molecule has 1 aromatic heterocycles. The van der Waals surface area contributed by atoms with E-state index < -0.39 is 0 Å². The van der Waals surface area contributed by atoms with Gasteiger partial charge >= 0.3 is 0 Å². The molecular formula is C15H18N4O3. The number of amides is 1. The van der Waals surface area contributed by atoms with Gasteiger partial charge in [-0.2, -0.15) is 0 Å². The highest BCUT2D eigenvalue weighted by Gasteiger charge is 2.16. The van der Waals surface area contributed by atoms with Gasteiger partial charge in [-0.25, -0.2) is 9.97 Å². The smallest absolute Gasteiger partial charge is 0.259 e. The Morgan fingerprint density at radius 1 is 1.14 bits per heavy atom. The zero-order chi connectivity index (χ0) is 16.1. The Kier molecular flexibility index (Phi) is 4.77. The van der Waals surface area contributed by atoms with Crippen molar-refractivity contribution in [3.8, 4) is 11.5 Å². The summed E-state index contributed by atoms with van der Waals surface area (Å²) < 4.78 is 10.4. The first-order valence-electron chi connectivity index (χ1n) is 6.58. The van der Waals surface area contributed by atoms with Crippen LogP contribution in [-0.2, 0) is 0 Å². The third-order valence-electron chi connectivity index (χ3n) is 2.94. The molecule has 7 heteroatoms. The van der Waals surface area contributed by atoms with Gasteiger partial charge in [-0.05, 0) is 12.1 Å². The van der Waals surface area contributed by atoms with E-state index in [2.05, 4.69) is 15.3 Å². The standard InChI is InChI=1S/C15H18N4O3/c1-19(2)15-16-8-10(9-17-15)18-14(20)11-6-5-7-12(21-3)13(11)22-4/h5-9H,1-4H3,(H,18,20). The van der Waals surface area contributed by atoms with Crippen LogP contribution in [0.3, 0.4) is 0 Å². The van der Waals surface area contributed by atoms with Gasteiger partial charge in [0.25, 0.3) is 5.91 Å². The van der Waals surface area contributed by atoms with Crippen molar-refractivity contribution in [3.63, 3.8) is 0 Å². The van der Waals surface area contributed by atoms with Gasteiger partial charge in [-0.3, -0.25) is 4.79 Å². The number of aromatic nitrogens is 2. The summed E-state index contributed by atoms with van der Waals surface area (Å²) in [5.41, 5.74) is 0.874. The molecule has 116 valence electrons. The van der Waals surface area contributed by atoms with E-state index in [9.17, 15) is 4.79 Å². The van der Waals surface area contributed by atoms with Crippen LogP contribution in [0.15, 0.2) is 30.6 Å². The molecule has 2 aromatic rings. The SMILES string of the molecule is COc1cccc(C(=O)Nc2cnc(N(C)C)nc2)c1OC. The van der Waals surface area contributed by atoms with Crippen LogP contribution in [-0.4, -0.2) is 44.2 Å². The number of anilines is 2. The van der Waals surface area contributed by atoms with Crippen LogP contribution in [0, 0.1) is 0 Å². The van der Waals surface area contributed by atoms with Crippen molar-refractivity contribution in [2.24, 2.45) is 0 Å². The van der Waals surface area contributed by atoms with Gasteiger partial charge in [0.05, 0.1) is 37.9 Å². The predicted octanol–water partition coefficient (Wildman–Crippen LogP) is 1.81. The zero-order valence-electron chi connectivity index (χ0n) is 13.0. The topological polar surface area (TPSA) is 76.6 Å². The minimum atomic E-state index is -0.322. The number of carbonyl (C=O) groups excluding carboxylic acids is 1. The Morgan fingerprint density at radius 3 is 2.36 bits per heavy atom. The van der Waals surface area contributed by atoms with Crippen LogP contribution in [0.2, 0.25) is 0 Å². The van der Waals surface area contributed by atoms with Gasteiger partial charge in [0.15, 0.2) is 11.5 Å². The molecule has 0 aliphatic carbocycles. The van der Waals surface area contributed by atoms with Gasteiger partial charge in [-0.15, -0.1) is 0 Å². The van der Waals surface area contributed by atoms with Gasteiger partial charge < -0.3 is 19.7 Å². The first-order chi connectivity index (χ1) is 10.6. The second-order valence-corrected chi connectivity index (χ2v) is 4.66. The van der Waals surface area contributed by atoms with Gasteiger partial charge in [0.1, 0.15) is 0 Å². The number of nitrogens with one attached hydrogen (secondary N) is 1. The average molecular weight is 302 g/mol. The lowest BCUT2D eigenvalue weighted by atomic mass is 10.1. The van der Waals surface area contributed by atoms with E-state index in [1.54, 1.807) is 35.5 Å². The van der Waals surface area contributed by atoms with Crippen molar-refractivity contribution < 1.29 is 14.3 Å². The number of rotatable bonds is 5. The lowest BCUT2D eigenvalue weighted by Gasteiger charge is -2.13. The maximum absolute atomic E-state index is 12.4. The second-order valence-electron chi connectivity index (χ2n) is 4.66. The third-order valence-corrected chi connectivity index (χ3v) is 2.94. The molecule has 1 heterocycles. The molecule has 1 amide bonds. The Bertz CT molecular complexity index is 656. The fraction of sp³-hybridized carbons (Fsp3) is 0.267. The van der Waals surface area contributed by atoms with Crippen LogP contribution >= 0.6 is 0 Å². The van der Waals surface area contributed by atoms with Crippen LogP contribution in [0.4, 0.5) is 11.6 Å². The molecular weight excluding hydrogens is 284 g/mol. The lowest BCUT2D eigenvalue weighted by molar-refractivity contribution is 0.102. The molecule has 0 aliphatic rings. The number of para-hydroxylation sites is 1. The second kappa shape index (κ2) is 6.75. The Labute approximate surface area is 128 Å². The molecule has 0 radical (unpaired) electrons. The van der Waals surface area contributed by atoms with Crippen molar-refractivity contribution in [2.75, 3.05) is 38.5 Å². The number of hydrogen-bond acceptors (Lipinski definition) is 6. The minimum Gasteiger partial charge on any atom is -0.493 e. The molecule has 7 nitrogen and oxygen atoms in total. The molecule has 0 saturated heterocycles. The predicted molar refractivity (Wildman–Crippen MR) is 83.9 cm³/mol. The molecule has 1 aromatic carbocycles. The molecule has 0 atom stereocenters. The highest BCUT2D eigenvalue weighted by Crippen LogP contribution is 2.31. The van der Waals surface area contributed by atoms with E-state index in [-0.39, 0.29) is 5.91 Å². The largest absolute Gasteiger partial charge is 0.493 e. The molecule has 0 bridgehead atoms. The zero-order valence-corrected chi connectivity index (χ0v) is 13.0. The molecule has 1 N–H and O–H groups in total. The maximum atomic E-state index is 12.4. The van der Waals surface area contributed by atoms with Crippen LogP contribution < -0.4 is 19.7 Å². The molecule has 0 saturated carbocycles. The molecule has 0 spiro atoms. The summed E-state index contributed by atoms with van der Waals surface area (Å²) in [5.74, 6) is 1.12. The van der Waals surface area contributed by atoms with Crippen molar-refractivity contribution in [2.45, 2.75) is 0 Å². The lowest BCUT2D eigenvalue weighted by Crippen LogP contribution is -2.16. The normalized spacial score (nSPS) is 10.0. The average Bonchev–Trinajstić information content (AvgIpc) is 2.54. The van der Waals surface area contributed by atoms with E-state index in [0.29, 0.717) is 28.7 Å². The Hall–Kier alpha value is -2.83. The molecule has 0 aliphatic heterocycles. The number of nitrogens with zero attached hydrogens (tertiary/aromatic N) is 3. The number of hydrogen-bond donors (Lipinski definition) is 1. The van der Waals surface area contributed by atoms with Gasteiger partial charge in [-0.1, -0.05) is 6.07 Å². The number of methoxy groups -OCH3 is 2. The van der Waals surface area contributed by atoms with Crippen LogP contribution in [0.1, 0.15) is 10.4 Å². The van der Waals surface area contributed by atoms with E-state index in [1.807, 2.05) is 14.1 Å². The van der Waals surface area contributed by atoms with E-state index >= 15 is 0 Å². The van der Waals surface area contributed by atoms with Crippen molar-refractivity contribution >= 4 is 17.5 Å². The maximum Gasteiger partial charge on any atom is 0.259 e. The van der Waals surface area contributed by atoms with Crippen molar-refractivity contribution in [1.29, 1.82) is 0 Å². The minimum absolute atomic E-state index is 0.322. The molecule has 0 unspecified atom stereocenters. The molecule has 22 heavy (non-hydrogen) atoms. The van der Waals surface area contributed by atoms with E-state index in [4.69, 9.17) is 9.47 Å². The Balaban J connectivity index is 2.22. The van der Waals surface area contributed by atoms with Gasteiger partial charge in [0, 0.05) is 14.1 Å². The summed E-state index contributed by atoms with van der Waals surface area (Å²) in [5, 5.41) is 2.73. The first-order valence-corrected chi connectivity index (χ1v) is 6.58. The fourth-order valence-corrected chi connectivity index (χ4v) is 1.88.